The van der Waals surface area contributed by atoms with Gasteiger partial charge in [0.1, 0.15) is 17.1 Å². The van der Waals surface area contributed by atoms with Crippen LogP contribution in [0.4, 0.5) is 0 Å². The lowest BCUT2D eigenvalue weighted by atomic mass is 10.0. The van der Waals surface area contributed by atoms with Gasteiger partial charge in [-0.1, -0.05) is 18.2 Å². The first-order valence-electron chi connectivity index (χ1n) is 7.11. The van der Waals surface area contributed by atoms with Crippen LogP contribution in [0.5, 0.6) is 0 Å². The lowest BCUT2D eigenvalue weighted by Crippen LogP contribution is -2.30. The summed E-state index contributed by atoms with van der Waals surface area (Å²) in [6.45, 7) is 3.24. The van der Waals surface area contributed by atoms with Crippen LogP contribution in [0.1, 0.15) is 23.1 Å². The molecule has 21 heavy (non-hydrogen) atoms. The fourth-order valence-electron chi connectivity index (χ4n) is 2.88. The number of hydrogen-bond acceptors (Lipinski definition) is 4. The smallest absolute Gasteiger partial charge is 0.134 e. The van der Waals surface area contributed by atoms with Crippen LogP contribution in [0.15, 0.2) is 51.5 Å². The molecular weight excluding hydrogens is 264 g/mol. The highest BCUT2D eigenvalue weighted by molar-refractivity contribution is 5.82. The number of rotatable bonds is 5. The van der Waals surface area contributed by atoms with E-state index in [2.05, 4.69) is 18.0 Å². The number of hydrogen-bond donors (Lipinski definition) is 1. The Morgan fingerprint density at radius 2 is 2.00 bits per heavy atom. The first kappa shape index (κ1) is 13.9. The highest BCUT2D eigenvalue weighted by atomic mass is 16.3. The summed E-state index contributed by atoms with van der Waals surface area (Å²) in [5.74, 6) is 1.86. The summed E-state index contributed by atoms with van der Waals surface area (Å²) >= 11 is 0. The molecule has 0 saturated carbocycles. The fraction of sp³-hybridized carbons (Fsp3) is 0.294. The molecule has 4 heteroatoms. The third-order valence-corrected chi connectivity index (χ3v) is 3.89. The van der Waals surface area contributed by atoms with Gasteiger partial charge in [0.25, 0.3) is 0 Å². The predicted molar refractivity (Wildman–Crippen MR) is 82.9 cm³/mol. The zero-order chi connectivity index (χ0) is 14.8. The van der Waals surface area contributed by atoms with Crippen molar-refractivity contribution in [1.29, 1.82) is 0 Å². The Morgan fingerprint density at radius 1 is 1.19 bits per heavy atom. The lowest BCUT2D eigenvalue weighted by Gasteiger charge is -2.26. The molecule has 0 spiro atoms. The first-order valence-corrected chi connectivity index (χ1v) is 7.11. The van der Waals surface area contributed by atoms with E-state index in [-0.39, 0.29) is 6.04 Å². The Bertz CT molecular complexity index is 716. The van der Waals surface area contributed by atoms with Crippen molar-refractivity contribution in [2.45, 2.75) is 19.5 Å². The van der Waals surface area contributed by atoms with Crippen LogP contribution >= 0.6 is 0 Å². The number of nitrogens with two attached hydrogens (primary N) is 1. The monoisotopic (exact) mass is 284 g/mol. The van der Waals surface area contributed by atoms with Crippen LogP contribution in [0.3, 0.4) is 0 Å². The molecule has 0 radical (unpaired) electrons. The van der Waals surface area contributed by atoms with Gasteiger partial charge < -0.3 is 14.6 Å². The van der Waals surface area contributed by atoms with Crippen molar-refractivity contribution in [3.63, 3.8) is 0 Å². The predicted octanol–water partition coefficient (Wildman–Crippen LogP) is 3.47. The molecule has 1 unspecified atom stereocenters. The number of aryl methyl sites for hydroxylation is 1. The SMILES string of the molecule is Cc1oc2ccccc2c1C(CN)N(C)Cc1ccco1. The molecule has 0 amide bonds. The average molecular weight is 284 g/mol. The molecule has 1 atom stereocenters. The van der Waals surface area contributed by atoms with E-state index in [0.29, 0.717) is 13.1 Å². The van der Waals surface area contributed by atoms with Gasteiger partial charge in [-0.2, -0.15) is 0 Å². The van der Waals surface area contributed by atoms with Crippen molar-refractivity contribution >= 4 is 11.0 Å². The van der Waals surface area contributed by atoms with Gasteiger partial charge in [0.15, 0.2) is 0 Å². The third-order valence-electron chi connectivity index (χ3n) is 3.89. The molecular formula is C17H20N2O2. The van der Waals surface area contributed by atoms with Gasteiger partial charge in [0.2, 0.25) is 0 Å². The van der Waals surface area contributed by atoms with Gasteiger partial charge in [0.05, 0.1) is 18.8 Å². The van der Waals surface area contributed by atoms with E-state index in [4.69, 9.17) is 14.6 Å². The summed E-state index contributed by atoms with van der Waals surface area (Å²) < 4.78 is 11.3. The summed E-state index contributed by atoms with van der Waals surface area (Å²) in [5, 5.41) is 1.14. The molecule has 1 aromatic carbocycles. The van der Waals surface area contributed by atoms with Gasteiger partial charge in [-0.3, -0.25) is 4.90 Å². The van der Waals surface area contributed by atoms with Crippen LogP contribution in [-0.2, 0) is 6.54 Å². The van der Waals surface area contributed by atoms with E-state index >= 15 is 0 Å². The van der Waals surface area contributed by atoms with Gasteiger partial charge in [-0.05, 0) is 32.2 Å². The van der Waals surface area contributed by atoms with Gasteiger partial charge >= 0.3 is 0 Å². The first-order chi connectivity index (χ1) is 10.2. The highest BCUT2D eigenvalue weighted by Crippen LogP contribution is 2.33. The number of likely N-dealkylation sites (N-methyl/N-ethyl adjacent to an activating group) is 1. The van der Waals surface area contributed by atoms with Crippen molar-refractivity contribution in [2.24, 2.45) is 5.73 Å². The molecule has 110 valence electrons. The van der Waals surface area contributed by atoms with E-state index in [1.165, 1.54) is 5.56 Å². The quantitative estimate of drug-likeness (QED) is 0.779. The Kier molecular flexibility index (Phi) is 3.82. The molecule has 2 N–H and O–H groups in total. The normalized spacial score (nSPS) is 13.1. The van der Waals surface area contributed by atoms with Crippen LogP contribution < -0.4 is 5.73 Å². The summed E-state index contributed by atoms with van der Waals surface area (Å²) in [4.78, 5) is 2.20. The maximum Gasteiger partial charge on any atom is 0.134 e. The number of para-hydroxylation sites is 1. The molecule has 0 fully saturated rings. The number of furan rings is 2. The van der Waals surface area contributed by atoms with E-state index in [9.17, 15) is 0 Å². The summed E-state index contributed by atoms with van der Waals surface area (Å²) in [6.07, 6.45) is 1.69. The van der Waals surface area contributed by atoms with Crippen LogP contribution in [0.25, 0.3) is 11.0 Å². The number of benzene rings is 1. The second kappa shape index (κ2) is 5.76. The summed E-state index contributed by atoms with van der Waals surface area (Å²) in [7, 11) is 2.06. The topological polar surface area (TPSA) is 55.5 Å². The van der Waals surface area contributed by atoms with Crippen LogP contribution in [-0.4, -0.2) is 18.5 Å². The highest BCUT2D eigenvalue weighted by Gasteiger charge is 2.23. The molecule has 2 aromatic heterocycles. The molecule has 3 rings (SSSR count). The molecule has 0 aliphatic rings. The third kappa shape index (κ3) is 2.60. The average Bonchev–Trinajstić information content (AvgIpc) is 3.08. The van der Waals surface area contributed by atoms with E-state index in [0.717, 1.165) is 22.5 Å². The van der Waals surface area contributed by atoms with Crippen molar-refractivity contribution in [3.05, 3.63) is 59.7 Å². The van der Waals surface area contributed by atoms with Crippen molar-refractivity contribution in [1.82, 2.24) is 4.90 Å². The van der Waals surface area contributed by atoms with Gasteiger partial charge in [-0.25, -0.2) is 0 Å². The minimum atomic E-state index is 0.0961. The van der Waals surface area contributed by atoms with Crippen molar-refractivity contribution < 1.29 is 8.83 Å². The maximum atomic E-state index is 6.04. The molecule has 4 nitrogen and oxygen atoms in total. The maximum absolute atomic E-state index is 6.04. The van der Waals surface area contributed by atoms with Crippen LogP contribution in [0.2, 0.25) is 0 Å². The number of fused-ring (bicyclic) bond motifs is 1. The van der Waals surface area contributed by atoms with Crippen molar-refractivity contribution in [2.75, 3.05) is 13.6 Å². The summed E-state index contributed by atoms with van der Waals surface area (Å²) in [6, 6.07) is 12.1. The standard InChI is InChI=1S/C17H20N2O2/c1-12-17(14-7-3-4-8-16(14)21-12)15(10-18)19(2)11-13-6-5-9-20-13/h3-9,15H,10-11,18H2,1-2H3. The Hall–Kier alpha value is -2.04. The second-order valence-electron chi connectivity index (χ2n) is 5.31. The minimum Gasteiger partial charge on any atom is -0.468 e. The molecule has 3 aromatic rings. The van der Waals surface area contributed by atoms with Crippen molar-refractivity contribution in [3.8, 4) is 0 Å². The van der Waals surface area contributed by atoms with Gasteiger partial charge in [-0.15, -0.1) is 0 Å². The van der Waals surface area contributed by atoms with Crippen LogP contribution in [0, 0.1) is 6.92 Å². The Labute approximate surface area is 124 Å². The second-order valence-corrected chi connectivity index (χ2v) is 5.31. The fourth-order valence-corrected chi connectivity index (χ4v) is 2.88. The minimum absolute atomic E-state index is 0.0961. The number of nitrogens with zero attached hydrogens (tertiary/aromatic N) is 1. The largest absolute Gasteiger partial charge is 0.468 e. The Morgan fingerprint density at radius 3 is 2.71 bits per heavy atom. The summed E-state index contributed by atoms with van der Waals surface area (Å²) in [5.41, 5.74) is 8.12. The molecule has 0 bridgehead atoms. The molecule has 2 heterocycles. The van der Waals surface area contributed by atoms with E-state index in [1.54, 1.807) is 6.26 Å². The molecule has 0 aliphatic carbocycles. The lowest BCUT2D eigenvalue weighted by molar-refractivity contribution is 0.222. The van der Waals surface area contributed by atoms with Gasteiger partial charge in [0, 0.05) is 17.5 Å². The van der Waals surface area contributed by atoms with E-state index < -0.39 is 0 Å². The Balaban J connectivity index is 1.96. The molecule has 0 saturated heterocycles. The zero-order valence-corrected chi connectivity index (χ0v) is 12.4. The zero-order valence-electron chi connectivity index (χ0n) is 12.4. The van der Waals surface area contributed by atoms with E-state index in [1.807, 2.05) is 37.3 Å². The molecule has 0 aliphatic heterocycles.